The number of carbonyl (C=O) groups is 2. The van der Waals surface area contributed by atoms with E-state index in [0.29, 0.717) is 31.0 Å². The molecular formula is C32H50FN5O4. The van der Waals surface area contributed by atoms with Crippen LogP contribution in [0, 0.1) is 17.8 Å². The average molecular weight is 588 g/mol. The van der Waals surface area contributed by atoms with Gasteiger partial charge in [-0.3, -0.25) is 14.5 Å². The summed E-state index contributed by atoms with van der Waals surface area (Å²) in [6.07, 6.45) is 10.0. The summed E-state index contributed by atoms with van der Waals surface area (Å²) in [5.41, 5.74) is 6.45. The summed E-state index contributed by atoms with van der Waals surface area (Å²) >= 11 is 0. The molecule has 3 aliphatic carbocycles. The molecule has 9 nitrogen and oxygen atoms in total. The zero-order chi connectivity index (χ0) is 29.1. The van der Waals surface area contributed by atoms with E-state index in [-0.39, 0.29) is 54.0 Å². The maximum Gasteiger partial charge on any atom is 0.256 e. The van der Waals surface area contributed by atoms with E-state index in [1.165, 1.54) is 19.3 Å². The van der Waals surface area contributed by atoms with Crippen molar-refractivity contribution in [3.05, 3.63) is 11.8 Å². The van der Waals surface area contributed by atoms with Crippen LogP contribution in [0.3, 0.4) is 0 Å². The van der Waals surface area contributed by atoms with Crippen LogP contribution in [0.2, 0.25) is 0 Å². The zero-order valence-electron chi connectivity index (χ0n) is 25.3. The van der Waals surface area contributed by atoms with Crippen LogP contribution in [0.25, 0.3) is 0 Å². The summed E-state index contributed by atoms with van der Waals surface area (Å²) in [7, 11) is 4.07. The van der Waals surface area contributed by atoms with Gasteiger partial charge in [0.2, 0.25) is 0 Å². The van der Waals surface area contributed by atoms with Crippen molar-refractivity contribution in [2.24, 2.45) is 23.5 Å². The number of Topliss-reactive ketones (excluding diaryl/α,β-unsaturated/α-hetero) is 1. The number of nitrogens with zero attached hydrogens (tertiary/aromatic N) is 3. The molecule has 12 unspecified atom stereocenters. The Balaban J connectivity index is 1.17. The summed E-state index contributed by atoms with van der Waals surface area (Å²) < 4.78 is 29.9. The van der Waals surface area contributed by atoms with Crippen LogP contribution in [-0.2, 0) is 19.1 Å². The van der Waals surface area contributed by atoms with Crippen molar-refractivity contribution in [1.82, 2.24) is 20.0 Å². The van der Waals surface area contributed by atoms with E-state index < -0.39 is 24.2 Å². The van der Waals surface area contributed by atoms with Crippen LogP contribution in [0.5, 0.6) is 0 Å². The topological polar surface area (TPSA) is 100 Å². The molecule has 42 heavy (non-hydrogen) atoms. The number of morpholine rings is 1. The van der Waals surface area contributed by atoms with E-state index in [0.717, 1.165) is 51.6 Å². The molecule has 10 heteroatoms. The van der Waals surface area contributed by atoms with Crippen LogP contribution in [0.15, 0.2) is 11.8 Å². The van der Waals surface area contributed by atoms with Gasteiger partial charge in [0.15, 0.2) is 5.78 Å². The molecule has 0 radical (unpaired) electrons. The van der Waals surface area contributed by atoms with Gasteiger partial charge in [0, 0.05) is 37.8 Å². The van der Waals surface area contributed by atoms with Gasteiger partial charge in [0.25, 0.3) is 5.91 Å². The maximum absolute atomic E-state index is 16.2. The maximum atomic E-state index is 16.2. The number of nitrogens with two attached hydrogens (primary N) is 1. The van der Waals surface area contributed by atoms with Crippen molar-refractivity contribution >= 4 is 11.7 Å². The van der Waals surface area contributed by atoms with Gasteiger partial charge in [0.1, 0.15) is 6.17 Å². The molecule has 4 aliphatic heterocycles. The first-order valence-electron chi connectivity index (χ1n) is 16.7. The molecule has 0 aromatic heterocycles. The first-order chi connectivity index (χ1) is 20.3. The number of carbonyl (C=O) groups excluding carboxylic acids is 2. The first kappa shape index (κ1) is 29.1. The van der Waals surface area contributed by atoms with Gasteiger partial charge in [-0.15, -0.1) is 0 Å². The van der Waals surface area contributed by atoms with Gasteiger partial charge >= 0.3 is 0 Å². The zero-order valence-corrected chi connectivity index (χ0v) is 25.3. The van der Waals surface area contributed by atoms with E-state index in [1.807, 2.05) is 20.3 Å². The van der Waals surface area contributed by atoms with Crippen LogP contribution in [0.4, 0.5) is 4.39 Å². The third-order valence-corrected chi connectivity index (χ3v) is 11.7. The van der Waals surface area contributed by atoms with Crippen LogP contribution in [0.1, 0.15) is 64.2 Å². The molecule has 0 spiro atoms. The third kappa shape index (κ3) is 5.13. The number of amides is 1. The minimum Gasteiger partial charge on any atom is -0.374 e. The number of halogens is 1. The van der Waals surface area contributed by atoms with Gasteiger partial charge in [-0.2, -0.15) is 0 Å². The first-order valence-corrected chi connectivity index (χ1v) is 16.7. The van der Waals surface area contributed by atoms with Crippen molar-refractivity contribution in [2.45, 2.75) is 119 Å². The molecule has 6 fully saturated rings. The second-order valence-electron chi connectivity index (χ2n) is 14.5. The quantitative estimate of drug-likeness (QED) is 0.344. The Morgan fingerprint density at radius 1 is 1.05 bits per heavy atom. The van der Waals surface area contributed by atoms with E-state index >= 15 is 4.39 Å². The molecule has 1 amide bonds. The second-order valence-corrected chi connectivity index (χ2v) is 14.5. The second kappa shape index (κ2) is 11.7. The number of hydrogen-bond donors (Lipinski definition) is 2. The lowest BCUT2D eigenvalue weighted by atomic mass is 9.67. The summed E-state index contributed by atoms with van der Waals surface area (Å²) in [6, 6.07) is -0.637. The lowest BCUT2D eigenvalue weighted by molar-refractivity contribution is -0.220. The average Bonchev–Trinajstić information content (AvgIpc) is 3.55. The van der Waals surface area contributed by atoms with E-state index in [1.54, 1.807) is 0 Å². The molecule has 234 valence electrons. The summed E-state index contributed by atoms with van der Waals surface area (Å²) in [6.45, 7) is 2.88. The number of hydrogen-bond acceptors (Lipinski definition) is 8. The monoisotopic (exact) mass is 587 g/mol. The number of nitrogens with one attached hydrogen (secondary N) is 1. The lowest BCUT2D eigenvalue weighted by Crippen LogP contribution is -2.73. The Morgan fingerprint density at radius 2 is 1.88 bits per heavy atom. The van der Waals surface area contributed by atoms with Crippen molar-refractivity contribution in [1.29, 1.82) is 0 Å². The number of ether oxygens (including phenoxy) is 2. The predicted molar refractivity (Wildman–Crippen MR) is 156 cm³/mol. The Bertz CT molecular complexity index is 1070. The summed E-state index contributed by atoms with van der Waals surface area (Å²) in [5.74, 6) is -0.109. The number of alkyl halides is 1. The molecule has 3 N–H and O–H groups in total. The van der Waals surface area contributed by atoms with Crippen molar-refractivity contribution in [3.63, 3.8) is 0 Å². The highest BCUT2D eigenvalue weighted by Gasteiger charge is 2.62. The minimum absolute atomic E-state index is 0.0174. The van der Waals surface area contributed by atoms with Crippen LogP contribution in [-0.4, -0.2) is 121 Å². The molecule has 3 saturated heterocycles. The summed E-state index contributed by atoms with van der Waals surface area (Å²) in [4.78, 5) is 33.9. The summed E-state index contributed by atoms with van der Waals surface area (Å²) in [5, 5.41) is 2.99. The molecule has 7 rings (SSSR count). The highest BCUT2D eigenvalue weighted by atomic mass is 19.1. The molecule has 7 aliphatic rings. The minimum atomic E-state index is -1.20. The molecule has 3 saturated carbocycles. The van der Waals surface area contributed by atoms with Crippen molar-refractivity contribution in [2.75, 3.05) is 40.3 Å². The fraction of sp³-hybridized carbons (Fsp3) is 0.875. The van der Waals surface area contributed by atoms with Gasteiger partial charge in [-0.1, -0.05) is 12.8 Å². The SMILES string of the molecule is CN(C)CCCCNC(=O)C1=CN2C3CC4OC5CCCCC5C4CC3OC3C(N4CCC(N)C4)C(F)CC(C1=O)C32. The largest absolute Gasteiger partial charge is 0.374 e. The molecule has 4 heterocycles. The van der Waals surface area contributed by atoms with Gasteiger partial charge in [-0.05, 0) is 83.8 Å². The highest BCUT2D eigenvalue weighted by molar-refractivity contribution is 6.20. The Hall–Kier alpha value is -1.59. The van der Waals surface area contributed by atoms with Crippen LogP contribution >= 0.6 is 0 Å². The fourth-order valence-electron chi connectivity index (χ4n) is 9.74. The smallest absolute Gasteiger partial charge is 0.256 e. The van der Waals surface area contributed by atoms with Crippen molar-refractivity contribution < 1.29 is 23.5 Å². The number of fused-ring (bicyclic) bond motifs is 5. The molecule has 12 atom stereocenters. The van der Waals surface area contributed by atoms with Gasteiger partial charge in [0.05, 0.1) is 48.1 Å². The van der Waals surface area contributed by atoms with Gasteiger partial charge in [-0.25, -0.2) is 4.39 Å². The normalized spacial score (nSPS) is 44.7. The van der Waals surface area contributed by atoms with Crippen molar-refractivity contribution in [3.8, 4) is 0 Å². The van der Waals surface area contributed by atoms with Crippen LogP contribution < -0.4 is 11.1 Å². The number of rotatable bonds is 7. The lowest BCUT2D eigenvalue weighted by Gasteiger charge is -2.61. The Labute approximate surface area is 249 Å². The molecule has 0 aromatic rings. The predicted octanol–water partition coefficient (Wildman–Crippen LogP) is 1.84. The van der Waals surface area contributed by atoms with Gasteiger partial charge < -0.3 is 30.3 Å². The number of ketones is 1. The standard InChI is InChI=1S/C32H50FN5O4/c1-36(2)11-6-5-10-35-32(40)22-17-38-24-15-26-20(19-7-3-4-8-25(19)41-26)14-27(24)42-31-28(38)21(30(22)39)13-23(33)29(31)37-12-9-18(34)16-37/h17-21,23-29,31H,3-16,34H2,1-2H3,(H,35,40). The van der Waals surface area contributed by atoms with E-state index in [2.05, 4.69) is 20.0 Å². The fourth-order valence-corrected chi connectivity index (χ4v) is 9.74. The third-order valence-electron chi connectivity index (χ3n) is 11.7. The molecule has 0 aromatic carbocycles. The van der Waals surface area contributed by atoms with E-state index in [4.69, 9.17) is 15.2 Å². The van der Waals surface area contributed by atoms with E-state index in [9.17, 15) is 9.59 Å². The Kier molecular flexibility index (Phi) is 8.14. The number of unbranched alkanes of at least 4 members (excludes halogenated alkanes) is 1. The molecular weight excluding hydrogens is 537 g/mol. The Morgan fingerprint density at radius 3 is 2.67 bits per heavy atom. The highest BCUT2D eigenvalue weighted by Crippen LogP contribution is 2.53. The number of likely N-dealkylation sites (tertiary alicyclic amines) is 1. The molecule has 0 bridgehead atoms.